The fraction of sp³-hybridized carbons (Fsp3) is 0.174. The molecule has 0 unspecified atom stereocenters. The van der Waals surface area contributed by atoms with Crippen molar-refractivity contribution in [2.24, 2.45) is 0 Å². The van der Waals surface area contributed by atoms with Gasteiger partial charge in [-0.05, 0) is 23.3 Å². The molecule has 126 valence electrons. The first-order chi connectivity index (χ1) is 12.3. The molecule has 0 fully saturated rings. The maximum absolute atomic E-state index is 12.1. The van der Waals surface area contributed by atoms with Crippen LogP contribution in [-0.2, 0) is 13.1 Å². The zero-order valence-electron chi connectivity index (χ0n) is 14.6. The van der Waals surface area contributed by atoms with E-state index in [9.17, 15) is 4.79 Å². The number of carbonyl (C=O) groups excluding carboxylic acids is 1. The average Bonchev–Trinajstić information content (AvgIpc) is 2.68. The molecule has 25 heavy (non-hydrogen) atoms. The van der Waals surface area contributed by atoms with Crippen LogP contribution in [-0.4, -0.2) is 5.78 Å². The Kier molecular flexibility index (Phi) is 5.63. The van der Waals surface area contributed by atoms with Gasteiger partial charge in [-0.2, -0.15) is 0 Å². The van der Waals surface area contributed by atoms with Crippen LogP contribution in [0.5, 0.6) is 0 Å². The first-order valence-corrected chi connectivity index (χ1v) is 8.72. The van der Waals surface area contributed by atoms with Gasteiger partial charge < -0.3 is 4.90 Å². The van der Waals surface area contributed by atoms with Crippen LogP contribution >= 0.6 is 0 Å². The minimum absolute atomic E-state index is 0.182. The molecule has 0 aromatic heterocycles. The minimum atomic E-state index is 0.182. The molecular weight excluding hydrogens is 306 g/mol. The van der Waals surface area contributed by atoms with Gasteiger partial charge in [0.2, 0.25) is 0 Å². The van der Waals surface area contributed by atoms with E-state index in [4.69, 9.17) is 0 Å². The van der Waals surface area contributed by atoms with E-state index >= 15 is 0 Å². The Hall–Kier alpha value is -2.87. The summed E-state index contributed by atoms with van der Waals surface area (Å²) in [4.78, 5) is 14.4. The van der Waals surface area contributed by atoms with E-state index in [1.807, 2.05) is 37.3 Å². The Bertz CT molecular complexity index is 770. The topological polar surface area (TPSA) is 20.3 Å². The lowest BCUT2D eigenvalue weighted by Crippen LogP contribution is -2.22. The second-order valence-corrected chi connectivity index (χ2v) is 6.15. The SMILES string of the molecule is CCC(=O)c1cccc(N(Cc2ccccc2)Cc2ccccc2)c1. The highest BCUT2D eigenvalue weighted by Gasteiger charge is 2.11. The van der Waals surface area contributed by atoms with Crippen molar-refractivity contribution in [2.75, 3.05) is 4.90 Å². The van der Waals surface area contributed by atoms with E-state index < -0.39 is 0 Å². The number of hydrogen-bond acceptors (Lipinski definition) is 2. The van der Waals surface area contributed by atoms with E-state index in [2.05, 4.69) is 59.5 Å². The Morgan fingerprint density at radius 1 is 0.760 bits per heavy atom. The molecule has 0 bridgehead atoms. The number of ketones is 1. The largest absolute Gasteiger partial charge is 0.363 e. The number of Topliss-reactive ketones (excluding diaryl/α,β-unsaturated/α-hetero) is 1. The van der Waals surface area contributed by atoms with E-state index in [0.29, 0.717) is 6.42 Å². The second kappa shape index (κ2) is 8.29. The lowest BCUT2D eigenvalue weighted by Gasteiger charge is -2.26. The summed E-state index contributed by atoms with van der Waals surface area (Å²) >= 11 is 0. The highest BCUT2D eigenvalue weighted by molar-refractivity contribution is 5.96. The molecule has 2 nitrogen and oxygen atoms in total. The van der Waals surface area contributed by atoms with Crippen molar-refractivity contribution in [1.82, 2.24) is 0 Å². The van der Waals surface area contributed by atoms with E-state index in [1.54, 1.807) is 0 Å². The van der Waals surface area contributed by atoms with Crippen LogP contribution in [0.2, 0.25) is 0 Å². The van der Waals surface area contributed by atoms with Gasteiger partial charge >= 0.3 is 0 Å². The van der Waals surface area contributed by atoms with Gasteiger partial charge in [-0.25, -0.2) is 0 Å². The van der Waals surface area contributed by atoms with Crippen molar-refractivity contribution in [3.05, 3.63) is 102 Å². The second-order valence-electron chi connectivity index (χ2n) is 6.15. The number of rotatable bonds is 7. The molecule has 0 saturated heterocycles. The Labute approximate surface area is 149 Å². The third-order valence-electron chi connectivity index (χ3n) is 4.29. The summed E-state index contributed by atoms with van der Waals surface area (Å²) < 4.78 is 0. The highest BCUT2D eigenvalue weighted by Crippen LogP contribution is 2.22. The lowest BCUT2D eigenvalue weighted by molar-refractivity contribution is 0.0988. The summed E-state index contributed by atoms with van der Waals surface area (Å²) in [5.74, 6) is 0.182. The first-order valence-electron chi connectivity index (χ1n) is 8.72. The molecule has 0 amide bonds. The predicted octanol–water partition coefficient (Wildman–Crippen LogP) is 5.49. The van der Waals surface area contributed by atoms with E-state index in [0.717, 1.165) is 24.3 Å². The van der Waals surface area contributed by atoms with Crippen molar-refractivity contribution in [3.8, 4) is 0 Å². The van der Waals surface area contributed by atoms with Gasteiger partial charge in [0.1, 0.15) is 0 Å². The van der Waals surface area contributed by atoms with Crippen molar-refractivity contribution in [2.45, 2.75) is 26.4 Å². The first kappa shape index (κ1) is 17.0. The van der Waals surface area contributed by atoms with Crippen LogP contribution in [0.15, 0.2) is 84.9 Å². The molecule has 3 aromatic rings. The third-order valence-corrected chi connectivity index (χ3v) is 4.29. The molecule has 0 radical (unpaired) electrons. The normalized spacial score (nSPS) is 10.4. The zero-order chi connectivity index (χ0) is 17.5. The summed E-state index contributed by atoms with van der Waals surface area (Å²) in [6.07, 6.45) is 0.529. The summed E-state index contributed by atoms with van der Waals surface area (Å²) in [6, 6.07) is 28.8. The zero-order valence-corrected chi connectivity index (χ0v) is 14.6. The Morgan fingerprint density at radius 3 is 1.84 bits per heavy atom. The van der Waals surface area contributed by atoms with Gasteiger partial charge in [0.25, 0.3) is 0 Å². The monoisotopic (exact) mass is 329 g/mol. The van der Waals surface area contributed by atoms with Crippen LogP contribution < -0.4 is 4.90 Å². The fourth-order valence-corrected chi connectivity index (χ4v) is 2.93. The average molecular weight is 329 g/mol. The molecule has 0 aliphatic rings. The van der Waals surface area contributed by atoms with Crippen LogP contribution in [0.3, 0.4) is 0 Å². The minimum Gasteiger partial charge on any atom is -0.363 e. The summed E-state index contributed by atoms with van der Waals surface area (Å²) in [6.45, 7) is 3.51. The Morgan fingerprint density at radius 2 is 1.32 bits per heavy atom. The van der Waals surface area contributed by atoms with Crippen molar-refractivity contribution < 1.29 is 4.79 Å². The number of hydrogen-bond donors (Lipinski definition) is 0. The molecule has 0 heterocycles. The maximum atomic E-state index is 12.1. The number of carbonyl (C=O) groups is 1. The molecule has 0 N–H and O–H groups in total. The van der Waals surface area contributed by atoms with Crippen LogP contribution in [0, 0.1) is 0 Å². The quantitative estimate of drug-likeness (QED) is 0.534. The van der Waals surface area contributed by atoms with Gasteiger partial charge in [-0.15, -0.1) is 0 Å². The van der Waals surface area contributed by atoms with Gasteiger partial charge in [0.15, 0.2) is 5.78 Å². The molecule has 0 aliphatic carbocycles. The van der Waals surface area contributed by atoms with E-state index in [-0.39, 0.29) is 5.78 Å². The van der Waals surface area contributed by atoms with Crippen molar-refractivity contribution in [3.63, 3.8) is 0 Å². The van der Waals surface area contributed by atoms with Crippen LogP contribution in [0.1, 0.15) is 34.8 Å². The molecule has 0 aliphatic heterocycles. The van der Waals surface area contributed by atoms with Gasteiger partial charge in [-0.3, -0.25) is 4.79 Å². The smallest absolute Gasteiger partial charge is 0.162 e. The lowest BCUT2D eigenvalue weighted by atomic mass is 10.1. The molecule has 0 atom stereocenters. The summed E-state index contributed by atoms with van der Waals surface area (Å²) in [5.41, 5.74) is 4.37. The molecule has 3 aromatic carbocycles. The van der Waals surface area contributed by atoms with E-state index in [1.165, 1.54) is 11.1 Å². The molecule has 2 heteroatoms. The van der Waals surface area contributed by atoms with Crippen molar-refractivity contribution >= 4 is 11.5 Å². The maximum Gasteiger partial charge on any atom is 0.162 e. The molecule has 3 rings (SSSR count). The molecule has 0 spiro atoms. The predicted molar refractivity (Wildman–Crippen MR) is 104 cm³/mol. The summed E-state index contributed by atoms with van der Waals surface area (Å²) in [5, 5.41) is 0. The number of benzene rings is 3. The van der Waals surface area contributed by atoms with Gasteiger partial charge in [0, 0.05) is 30.8 Å². The van der Waals surface area contributed by atoms with Crippen LogP contribution in [0.4, 0.5) is 5.69 Å². The summed E-state index contributed by atoms with van der Waals surface area (Å²) in [7, 11) is 0. The van der Waals surface area contributed by atoms with Crippen LogP contribution in [0.25, 0.3) is 0 Å². The Balaban J connectivity index is 1.91. The standard InChI is InChI=1S/C23H23NO/c1-2-23(25)21-14-9-15-22(16-21)24(17-19-10-5-3-6-11-19)18-20-12-7-4-8-13-20/h3-16H,2,17-18H2,1H3. The third kappa shape index (κ3) is 4.57. The molecule has 0 saturated carbocycles. The van der Waals surface area contributed by atoms with Crippen molar-refractivity contribution in [1.29, 1.82) is 0 Å². The number of anilines is 1. The van der Waals surface area contributed by atoms with Gasteiger partial charge in [0.05, 0.1) is 0 Å². The van der Waals surface area contributed by atoms with Gasteiger partial charge in [-0.1, -0.05) is 79.7 Å². The molecular formula is C23H23NO. The highest BCUT2D eigenvalue weighted by atomic mass is 16.1. The fourth-order valence-electron chi connectivity index (χ4n) is 2.93. The number of nitrogens with zero attached hydrogens (tertiary/aromatic N) is 1.